The lowest BCUT2D eigenvalue weighted by atomic mass is 9.83. The predicted molar refractivity (Wildman–Crippen MR) is 260 cm³/mol. The van der Waals surface area contributed by atoms with E-state index in [1.807, 2.05) is 60.7 Å². The molecule has 3 heterocycles. The van der Waals surface area contributed by atoms with Crippen LogP contribution in [0.15, 0.2) is 78.2 Å². The normalized spacial score (nSPS) is 17.7. The van der Waals surface area contributed by atoms with E-state index in [2.05, 4.69) is 36.5 Å². The zero-order valence-electron chi connectivity index (χ0n) is 39.4. The molecule has 4 aromatic rings. The van der Waals surface area contributed by atoms with Crippen LogP contribution >= 0.6 is 11.3 Å². The summed E-state index contributed by atoms with van der Waals surface area (Å²) in [6, 6.07) is 18.1. The van der Waals surface area contributed by atoms with Crippen molar-refractivity contribution in [1.82, 2.24) is 36.5 Å². The number of amides is 5. The van der Waals surface area contributed by atoms with E-state index >= 15 is 4.39 Å². The van der Waals surface area contributed by atoms with Crippen molar-refractivity contribution in [3.63, 3.8) is 0 Å². The summed E-state index contributed by atoms with van der Waals surface area (Å²) >= 11 is 1.37. The first-order valence-corrected chi connectivity index (χ1v) is 25.0. The Hall–Kier alpha value is -5.98. The number of halogens is 2. The number of nitrogens with one attached hydrogen (secondary N) is 5. The van der Waals surface area contributed by atoms with Crippen molar-refractivity contribution in [2.75, 3.05) is 64.5 Å². The molecule has 5 amide bonds. The number of ether oxygens (including phenoxy) is 2. The van der Waals surface area contributed by atoms with Crippen molar-refractivity contribution >= 4 is 46.0 Å². The lowest BCUT2D eigenvalue weighted by Crippen LogP contribution is -2.59. The number of aromatic nitrogens is 1. The number of likely N-dealkylation sites (tertiary alicyclic amines) is 1. The third kappa shape index (κ3) is 13.2. The van der Waals surface area contributed by atoms with Crippen LogP contribution < -0.4 is 36.2 Å². The van der Waals surface area contributed by atoms with Crippen LogP contribution in [0.4, 0.5) is 13.9 Å². The highest BCUT2D eigenvalue weighted by Gasteiger charge is 2.43. The largest absolute Gasteiger partial charge is 0.480 e. The molecule has 3 fully saturated rings. The number of rotatable bonds is 21. The molecule has 1 saturated carbocycles. The molecule has 18 heteroatoms. The number of nitrogens with zero attached hydrogens (tertiary/aromatic N) is 3. The summed E-state index contributed by atoms with van der Waals surface area (Å²) in [6.07, 6.45) is 6.51. The summed E-state index contributed by atoms with van der Waals surface area (Å²) in [6.45, 7) is 4.40. The van der Waals surface area contributed by atoms with Gasteiger partial charge in [0, 0.05) is 49.6 Å². The van der Waals surface area contributed by atoms with Crippen molar-refractivity contribution < 1.29 is 42.2 Å². The maximum Gasteiger partial charge on any atom is 0.257 e. The smallest absolute Gasteiger partial charge is 0.257 e. The average Bonchev–Trinajstić information content (AvgIpc) is 4.09. The molecule has 370 valence electrons. The minimum atomic E-state index is -1.22. The van der Waals surface area contributed by atoms with Gasteiger partial charge in [0.05, 0.1) is 24.9 Å². The van der Waals surface area contributed by atoms with Crippen molar-refractivity contribution in [3.05, 3.63) is 101 Å². The van der Waals surface area contributed by atoms with Gasteiger partial charge < -0.3 is 45.9 Å². The minimum Gasteiger partial charge on any atom is -0.480 e. The van der Waals surface area contributed by atoms with E-state index in [0.29, 0.717) is 64.2 Å². The Morgan fingerprint density at radius 1 is 0.812 bits per heavy atom. The fourth-order valence-electron chi connectivity index (χ4n) is 9.34. The highest BCUT2D eigenvalue weighted by atomic mass is 32.1. The Balaban J connectivity index is 0.978. The number of morpholine rings is 1. The highest BCUT2D eigenvalue weighted by molar-refractivity contribution is 7.14. The molecule has 3 aliphatic rings. The summed E-state index contributed by atoms with van der Waals surface area (Å²) in [4.78, 5) is 77.8. The number of carbonyl (C=O) groups excluding carboxylic acids is 5. The van der Waals surface area contributed by atoms with Crippen LogP contribution in [-0.4, -0.2) is 123 Å². The second-order valence-electron chi connectivity index (χ2n) is 17.9. The minimum absolute atomic E-state index is 0.0494. The summed E-state index contributed by atoms with van der Waals surface area (Å²) < 4.78 is 40.5. The topological polar surface area (TPSA) is 183 Å². The second kappa shape index (κ2) is 25.0. The average molecular weight is 971 g/mol. The molecule has 5 N–H and O–H groups in total. The molecule has 15 nitrogen and oxygen atoms in total. The maximum absolute atomic E-state index is 15.1. The summed E-state index contributed by atoms with van der Waals surface area (Å²) in [5.41, 5.74) is 2.24. The van der Waals surface area contributed by atoms with Gasteiger partial charge in [-0.05, 0) is 81.7 Å². The van der Waals surface area contributed by atoms with Gasteiger partial charge in [-0.3, -0.25) is 24.0 Å². The van der Waals surface area contributed by atoms with Crippen LogP contribution in [0.1, 0.15) is 81.8 Å². The monoisotopic (exact) mass is 970 g/mol. The van der Waals surface area contributed by atoms with Gasteiger partial charge in [-0.2, -0.15) is 4.39 Å². The number of unbranched alkanes of at least 4 members (excludes halogenated alkanes) is 1. The van der Waals surface area contributed by atoms with Crippen molar-refractivity contribution in [1.29, 1.82) is 0 Å². The lowest BCUT2D eigenvalue weighted by Gasteiger charge is -2.36. The lowest BCUT2D eigenvalue weighted by molar-refractivity contribution is -0.143. The molecule has 0 spiro atoms. The van der Waals surface area contributed by atoms with E-state index in [1.54, 1.807) is 24.3 Å². The van der Waals surface area contributed by atoms with E-state index in [-0.39, 0.29) is 36.4 Å². The fourth-order valence-corrected chi connectivity index (χ4v) is 10.2. The number of benzene rings is 3. The number of anilines is 1. The van der Waals surface area contributed by atoms with Gasteiger partial charge >= 0.3 is 0 Å². The number of thiazole rings is 1. The Morgan fingerprint density at radius 2 is 1.48 bits per heavy atom. The van der Waals surface area contributed by atoms with E-state index in [1.165, 1.54) is 17.4 Å². The van der Waals surface area contributed by atoms with Crippen LogP contribution in [0.5, 0.6) is 5.75 Å². The molecule has 69 heavy (non-hydrogen) atoms. The van der Waals surface area contributed by atoms with E-state index in [0.717, 1.165) is 54.4 Å². The first-order chi connectivity index (χ1) is 33.5. The third-order valence-electron chi connectivity index (χ3n) is 13.3. The van der Waals surface area contributed by atoms with Crippen LogP contribution in [0, 0.1) is 17.6 Å². The number of hydrogen-bond acceptors (Lipinski definition) is 11. The molecule has 7 rings (SSSR count). The molecule has 1 aromatic heterocycles. The first kappa shape index (κ1) is 50.9. The molecular weight excluding hydrogens is 907 g/mol. The quantitative estimate of drug-likeness (QED) is 0.0688. The number of likely N-dealkylation sites (N-methyl/N-ethyl adjacent to an activating group) is 1. The number of hydrogen-bond donors (Lipinski definition) is 5. The molecule has 1 aliphatic carbocycles. The highest BCUT2D eigenvalue weighted by Crippen LogP contribution is 2.37. The molecule has 2 saturated heterocycles. The van der Waals surface area contributed by atoms with Gasteiger partial charge in [-0.15, -0.1) is 11.3 Å². The van der Waals surface area contributed by atoms with Crippen LogP contribution in [0.3, 0.4) is 0 Å². The molecular formula is C51H64F2N8O7S. The van der Waals surface area contributed by atoms with Crippen molar-refractivity contribution in [3.8, 4) is 17.0 Å². The van der Waals surface area contributed by atoms with Crippen molar-refractivity contribution in [2.24, 2.45) is 5.92 Å². The van der Waals surface area contributed by atoms with Gasteiger partial charge in [-0.25, -0.2) is 9.37 Å². The molecule has 2 aliphatic heterocycles. The van der Waals surface area contributed by atoms with Crippen LogP contribution in [-0.2, 0) is 28.7 Å². The molecule has 1 unspecified atom stereocenters. The van der Waals surface area contributed by atoms with Crippen molar-refractivity contribution in [2.45, 2.75) is 94.8 Å². The Labute approximate surface area is 406 Å². The summed E-state index contributed by atoms with van der Waals surface area (Å²) in [5.74, 6) is -5.35. The molecule has 0 radical (unpaired) electrons. The Bertz CT molecular complexity index is 2310. The maximum atomic E-state index is 15.1. The summed E-state index contributed by atoms with van der Waals surface area (Å²) in [5, 5.41) is 17.3. The second-order valence-corrected chi connectivity index (χ2v) is 18.7. The van der Waals surface area contributed by atoms with E-state index in [9.17, 15) is 28.4 Å². The van der Waals surface area contributed by atoms with Gasteiger partial charge in [0.15, 0.2) is 23.3 Å². The van der Waals surface area contributed by atoms with Gasteiger partial charge in [0.1, 0.15) is 18.1 Å². The Morgan fingerprint density at radius 3 is 2.14 bits per heavy atom. The van der Waals surface area contributed by atoms with Gasteiger partial charge in [0.25, 0.3) is 5.91 Å². The third-order valence-corrected chi connectivity index (χ3v) is 14.2. The standard InChI is InChI=1S/C51H64F2N8O7S/c1-33(54-2)47(63)58-44(36-19-10-5-11-20-36)50(66)61-26-14-21-40(61)48(64)59-45(42(34-15-6-3-7-16-34)35-17-8-4-9-18-35)49(65)56-25-13-12-24-55-41(62)31-68-46-37(22-23-38(52)43(46)53)39-32-69-51(57-39)60-27-29-67-30-28-60/h3-4,6-9,15-18,22-23,32-33,36,40,42,44-45,54H,5,10-14,19-21,24-31H2,1-2H3,(H,55,62)(H,56,65)(H,58,63)(H,59,64)/t33-,40?,44-,45-/m0/s1. The van der Waals surface area contributed by atoms with Gasteiger partial charge in [-0.1, -0.05) is 79.9 Å². The predicted octanol–water partition coefficient (Wildman–Crippen LogP) is 5.30. The van der Waals surface area contributed by atoms with Crippen LogP contribution in [0.2, 0.25) is 0 Å². The Kier molecular flexibility index (Phi) is 18.5. The molecule has 0 bridgehead atoms. The number of carbonyl (C=O) groups is 5. The summed E-state index contributed by atoms with van der Waals surface area (Å²) in [7, 11) is 1.69. The zero-order chi connectivity index (χ0) is 48.7. The van der Waals surface area contributed by atoms with Crippen LogP contribution in [0.25, 0.3) is 11.3 Å². The fraction of sp³-hybridized carbons (Fsp3) is 0.490. The first-order valence-electron chi connectivity index (χ1n) is 24.2. The molecule has 3 aromatic carbocycles. The van der Waals surface area contributed by atoms with E-state index < -0.39 is 71.8 Å². The van der Waals surface area contributed by atoms with E-state index in [4.69, 9.17) is 9.47 Å². The molecule has 4 atom stereocenters. The zero-order valence-corrected chi connectivity index (χ0v) is 40.2. The SMILES string of the molecule is CN[C@@H](C)C(=O)N[C@H](C(=O)N1CCCC1C(=O)N[C@H](C(=O)NCCCCNC(=O)COc1c(-c2csc(N3CCOCC3)n2)ccc(F)c1F)C(c1ccccc1)c1ccccc1)C1CCCCC1. The van der Waals surface area contributed by atoms with Gasteiger partial charge in [0.2, 0.25) is 29.4 Å².